The van der Waals surface area contributed by atoms with Crippen LogP contribution in [0.3, 0.4) is 0 Å². The van der Waals surface area contributed by atoms with Crippen LogP contribution in [0.1, 0.15) is 18.8 Å². The first kappa shape index (κ1) is 11.3. The van der Waals surface area contributed by atoms with Gasteiger partial charge in [0.2, 0.25) is 5.91 Å². The number of amides is 1. The van der Waals surface area contributed by atoms with Crippen LogP contribution in [0.2, 0.25) is 0 Å². The molecule has 1 amide bonds. The van der Waals surface area contributed by atoms with Gasteiger partial charge in [0, 0.05) is 6.54 Å². The van der Waals surface area contributed by atoms with Gasteiger partial charge in [0.1, 0.15) is 0 Å². The Morgan fingerprint density at radius 3 is 3.13 bits per heavy atom. The zero-order chi connectivity index (χ0) is 11.1. The molecule has 7 heteroatoms. The standard InChI is InChI=1S/C8H14N6O/c1-3-4-9-5-7(15)10-6(2)8-11-13-14-12-8/h3,6,9H,1,4-5H2,2H3,(H,10,15)(H,11,12,13,14). The highest BCUT2D eigenvalue weighted by molar-refractivity contribution is 5.78. The molecule has 1 aromatic heterocycles. The van der Waals surface area contributed by atoms with E-state index in [1.807, 2.05) is 0 Å². The number of rotatable bonds is 6. The van der Waals surface area contributed by atoms with Crippen LogP contribution in [0, 0.1) is 0 Å². The minimum atomic E-state index is -0.248. The smallest absolute Gasteiger partial charge is 0.234 e. The topological polar surface area (TPSA) is 95.6 Å². The lowest BCUT2D eigenvalue weighted by Gasteiger charge is -2.09. The van der Waals surface area contributed by atoms with Gasteiger partial charge in [-0.15, -0.1) is 16.8 Å². The Morgan fingerprint density at radius 1 is 1.73 bits per heavy atom. The number of aromatic nitrogens is 4. The molecule has 1 aromatic rings. The first-order valence-electron chi connectivity index (χ1n) is 4.58. The Labute approximate surface area is 87.3 Å². The first-order valence-corrected chi connectivity index (χ1v) is 4.58. The van der Waals surface area contributed by atoms with E-state index in [-0.39, 0.29) is 18.5 Å². The van der Waals surface area contributed by atoms with E-state index in [9.17, 15) is 4.79 Å². The van der Waals surface area contributed by atoms with E-state index in [0.717, 1.165) is 0 Å². The summed E-state index contributed by atoms with van der Waals surface area (Å²) in [6.45, 7) is 6.17. The predicted octanol–water partition coefficient (Wildman–Crippen LogP) is -0.847. The number of hydrogen-bond donors (Lipinski definition) is 3. The summed E-state index contributed by atoms with van der Waals surface area (Å²) in [5.74, 6) is 0.348. The molecule has 15 heavy (non-hydrogen) atoms. The third-order valence-electron chi connectivity index (χ3n) is 1.70. The van der Waals surface area contributed by atoms with Crippen molar-refractivity contribution in [1.29, 1.82) is 0 Å². The number of tetrazole rings is 1. The zero-order valence-corrected chi connectivity index (χ0v) is 8.53. The molecule has 0 fully saturated rings. The third kappa shape index (κ3) is 3.86. The van der Waals surface area contributed by atoms with Crippen molar-refractivity contribution in [3.05, 3.63) is 18.5 Å². The minimum absolute atomic E-state index is 0.117. The summed E-state index contributed by atoms with van der Waals surface area (Å²) in [7, 11) is 0. The molecular formula is C8H14N6O. The molecule has 0 saturated heterocycles. The van der Waals surface area contributed by atoms with E-state index >= 15 is 0 Å². The van der Waals surface area contributed by atoms with Gasteiger partial charge in [-0.1, -0.05) is 11.3 Å². The molecule has 0 aliphatic heterocycles. The number of H-pyrrole nitrogens is 1. The fourth-order valence-corrected chi connectivity index (χ4v) is 0.998. The summed E-state index contributed by atoms with van der Waals surface area (Å²) in [6.07, 6.45) is 1.69. The van der Waals surface area contributed by atoms with Crippen LogP contribution in [0.15, 0.2) is 12.7 Å². The molecule has 0 aliphatic rings. The molecule has 0 spiro atoms. The van der Waals surface area contributed by atoms with Gasteiger partial charge < -0.3 is 10.6 Å². The molecule has 1 unspecified atom stereocenters. The van der Waals surface area contributed by atoms with Crippen LogP contribution >= 0.6 is 0 Å². The van der Waals surface area contributed by atoms with Gasteiger partial charge in [0.15, 0.2) is 5.82 Å². The van der Waals surface area contributed by atoms with Crippen LogP contribution in [-0.2, 0) is 4.79 Å². The Morgan fingerprint density at radius 2 is 2.53 bits per heavy atom. The predicted molar refractivity (Wildman–Crippen MR) is 53.8 cm³/mol. The van der Waals surface area contributed by atoms with Crippen LogP contribution < -0.4 is 10.6 Å². The second kappa shape index (κ2) is 5.86. The fourth-order valence-electron chi connectivity index (χ4n) is 0.998. The summed E-state index contributed by atoms with van der Waals surface area (Å²) < 4.78 is 0. The average Bonchev–Trinajstić information content (AvgIpc) is 2.70. The summed E-state index contributed by atoms with van der Waals surface area (Å²) in [4.78, 5) is 11.3. The van der Waals surface area contributed by atoms with E-state index in [1.165, 1.54) is 0 Å². The number of nitrogens with zero attached hydrogens (tertiary/aromatic N) is 3. The van der Waals surface area contributed by atoms with Crippen LogP contribution in [-0.4, -0.2) is 39.6 Å². The molecule has 7 nitrogen and oxygen atoms in total. The Hall–Kier alpha value is -1.76. The highest BCUT2D eigenvalue weighted by Crippen LogP contribution is 2.01. The average molecular weight is 210 g/mol. The number of carbonyl (C=O) groups is 1. The van der Waals surface area contributed by atoms with Crippen molar-refractivity contribution >= 4 is 5.91 Å². The largest absolute Gasteiger partial charge is 0.345 e. The van der Waals surface area contributed by atoms with Gasteiger partial charge in [-0.3, -0.25) is 4.79 Å². The third-order valence-corrected chi connectivity index (χ3v) is 1.70. The summed E-state index contributed by atoms with van der Waals surface area (Å²) >= 11 is 0. The van der Waals surface area contributed by atoms with Gasteiger partial charge >= 0.3 is 0 Å². The quantitative estimate of drug-likeness (QED) is 0.420. The lowest BCUT2D eigenvalue weighted by molar-refractivity contribution is -0.120. The van der Waals surface area contributed by atoms with Crippen molar-refractivity contribution in [3.63, 3.8) is 0 Å². The van der Waals surface area contributed by atoms with E-state index in [4.69, 9.17) is 0 Å². The first-order chi connectivity index (χ1) is 7.24. The normalized spacial score (nSPS) is 12.1. The molecule has 82 valence electrons. The van der Waals surface area contributed by atoms with Crippen molar-refractivity contribution in [2.45, 2.75) is 13.0 Å². The molecule has 1 heterocycles. The summed E-state index contributed by atoms with van der Waals surface area (Å²) in [5, 5.41) is 18.9. The van der Waals surface area contributed by atoms with Crippen molar-refractivity contribution in [1.82, 2.24) is 31.3 Å². The van der Waals surface area contributed by atoms with Crippen molar-refractivity contribution < 1.29 is 4.79 Å². The van der Waals surface area contributed by atoms with Gasteiger partial charge in [0.25, 0.3) is 0 Å². The van der Waals surface area contributed by atoms with E-state index in [2.05, 4.69) is 37.8 Å². The van der Waals surface area contributed by atoms with E-state index < -0.39 is 0 Å². The number of carbonyl (C=O) groups excluding carboxylic acids is 1. The molecule has 0 aromatic carbocycles. The highest BCUT2D eigenvalue weighted by Gasteiger charge is 2.12. The van der Waals surface area contributed by atoms with Crippen molar-refractivity contribution in [2.75, 3.05) is 13.1 Å². The molecule has 1 atom stereocenters. The highest BCUT2D eigenvalue weighted by atomic mass is 16.2. The molecule has 0 aliphatic carbocycles. The Balaban J connectivity index is 2.28. The van der Waals surface area contributed by atoms with Gasteiger partial charge in [-0.05, 0) is 6.92 Å². The van der Waals surface area contributed by atoms with Crippen LogP contribution in [0.25, 0.3) is 0 Å². The second-order valence-electron chi connectivity index (χ2n) is 2.98. The maximum Gasteiger partial charge on any atom is 0.234 e. The number of hydrogen-bond acceptors (Lipinski definition) is 5. The fraction of sp³-hybridized carbons (Fsp3) is 0.500. The molecule has 1 rings (SSSR count). The maximum atomic E-state index is 11.3. The molecular weight excluding hydrogens is 196 g/mol. The second-order valence-corrected chi connectivity index (χ2v) is 2.98. The Kier molecular flexibility index (Phi) is 4.42. The van der Waals surface area contributed by atoms with Crippen molar-refractivity contribution in [2.24, 2.45) is 0 Å². The van der Waals surface area contributed by atoms with E-state index in [1.54, 1.807) is 13.0 Å². The number of aromatic amines is 1. The monoisotopic (exact) mass is 210 g/mol. The Bertz CT molecular complexity index is 309. The minimum Gasteiger partial charge on any atom is -0.345 e. The van der Waals surface area contributed by atoms with Crippen molar-refractivity contribution in [3.8, 4) is 0 Å². The summed E-state index contributed by atoms with van der Waals surface area (Å²) in [6, 6.07) is -0.248. The van der Waals surface area contributed by atoms with Gasteiger partial charge in [-0.2, -0.15) is 5.21 Å². The molecule has 0 radical (unpaired) electrons. The van der Waals surface area contributed by atoms with Crippen LogP contribution in [0.5, 0.6) is 0 Å². The lowest BCUT2D eigenvalue weighted by atomic mass is 10.3. The molecule has 0 saturated carbocycles. The number of nitrogens with one attached hydrogen (secondary N) is 3. The van der Waals surface area contributed by atoms with Gasteiger partial charge in [0.05, 0.1) is 12.6 Å². The zero-order valence-electron chi connectivity index (χ0n) is 8.53. The molecule has 3 N–H and O–H groups in total. The summed E-state index contributed by atoms with van der Waals surface area (Å²) in [5.41, 5.74) is 0. The molecule has 0 bridgehead atoms. The maximum absolute atomic E-state index is 11.3. The SMILES string of the molecule is C=CCNCC(=O)NC(C)c1nn[nH]n1. The lowest BCUT2D eigenvalue weighted by Crippen LogP contribution is -2.35. The van der Waals surface area contributed by atoms with Crippen LogP contribution in [0.4, 0.5) is 0 Å². The van der Waals surface area contributed by atoms with Gasteiger partial charge in [-0.25, -0.2) is 0 Å². The van der Waals surface area contributed by atoms with E-state index in [0.29, 0.717) is 12.4 Å².